The van der Waals surface area contributed by atoms with Crippen molar-refractivity contribution in [1.82, 2.24) is 0 Å². The van der Waals surface area contributed by atoms with E-state index >= 15 is 0 Å². The van der Waals surface area contributed by atoms with Crippen LogP contribution >= 0.6 is 12.2 Å². The first-order valence-corrected chi connectivity index (χ1v) is 3.88. The molecule has 0 saturated heterocycles. The molecule has 2 heteroatoms. The third-order valence-electron chi connectivity index (χ3n) is 1.65. The Kier molecular flexibility index (Phi) is 1.62. The van der Waals surface area contributed by atoms with Crippen LogP contribution in [0.3, 0.4) is 0 Å². The van der Waals surface area contributed by atoms with Gasteiger partial charge in [0.05, 0.1) is 0 Å². The zero-order chi connectivity index (χ0) is 7.68. The molecule has 0 atom stereocenters. The number of benzene rings is 1. The zero-order valence-corrected chi connectivity index (χ0v) is 6.73. The number of rotatable bonds is 0. The average Bonchev–Trinajstić information content (AvgIpc) is 2.04. The van der Waals surface area contributed by atoms with Crippen molar-refractivity contribution in [1.29, 1.82) is 0 Å². The van der Waals surface area contributed by atoms with E-state index in [2.05, 4.69) is 0 Å². The van der Waals surface area contributed by atoms with Crippen molar-refractivity contribution in [2.24, 2.45) is 0 Å². The van der Waals surface area contributed by atoms with Gasteiger partial charge in [-0.15, -0.1) is 0 Å². The minimum Gasteiger partial charge on any atom is -0.481 e. The van der Waals surface area contributed by atoms with Gasteiger partial charge in [0.25, 0.3) is 0 Å². The largest absolute Gasteiger partial charge is 0.481 e. The third kappa shape index (κ3) is 1.26. The standard InChI is InChI=1S/C9H7OS/c11-8-5-7-3-1-2-4-9(7)10-6-8/h1-4,6H,5H2. The zero-order valence-electron chi connectivity index (χ0n) is 5.91. The summed E-state index contributed by atoms with van der Waals surface area (Å²) in [4.78, 5) is 0.865. The second-order valence-corrected chi connectivity index (χ2v) is 3.01. The van der Waals surface area contributed by atoms with Gasteiger partial charge >= 0.3 is 0 Å². The molecule has 1 heterocycles. The predicted molar refractivity (Wildman–Crippen MR) is 47.7 cm³/mol. The van der Waals surface area contributed by atoms with Gasteiger partial charge in [0.1, 0.15) is 5.75 Å². The van der Waals surface area contributed by atoms with Crippen LogP contribution in [0.5, 0.6) is 5.75 Å². The first-order valence-electron chi connectivity index (χ1n) is 3.47. The molecule has 1 aromatic rings. The lowest BCUT2D eigenvalue weighted by molar-refractivity contribution is 0.432. The highest BCUT2D eigenvalue weighted by Crippen LogP contribution is 2.24. The van der Waals surface area contributed by atoms with Crippen LogP contribution in [0, 0.1) is 6.61 Å². The van der Waals surface area contributed by atoms with Gasteiger partial charge in [0.2, 0.25) is 0 Å². The molecule has 1 aliphatic heterocycles. The van der Waals surface area contributed by atoms with Gasteiger partial charge in [0, 0.05) is 11.3 Å². The highest BCUT2D eigenvalue weighted by Gasteiger charge is 2.12. The molecule has 0 saturated carbocycles. The average molecular weight is 163 g/mol. The van der Waals surface area contributed by atoms with Gasteiger partial charge in [-0.2, -0.15) is 0 Å². The van der Waals surface area contributed by atoms with Gasteiger partial charge < -0.3 is 4.74 Å². The Hall–Kier alpha value is -0.890. The van der Waals surface area contributed by atoms with Crippen molar-refractivity contribution in [3.63, 3.8) is 0 Å². The van der Waals surface area contributed by atoms with E-state index in [0.29, 0.717) is 0 Å². The first-order chi connectivity index (χ1) is 5.36. The van der Waals surface area contributed by atoms with Gasteiger partial charge in [-0.05, 0) is 11.6 Å². The fourth-order valence-corrected chi connectivity index (χ4v) is 1.33. The van der Waals surface area contributed by atoms with Gasteiger partial charge in [0.15, 0.2) is 6.61 Å². The maximum atomic E-state index is 5.27. The lowest BCUT2D eigenvalue weighted by Gasteiger charge is -2.16. The van der Waals surface area contributed by atoms with E-state index in [9.17, 15) is 0 Å². The summed E-state index contributed by atoms with van der Waals surface area (Å²) in [5, 5.41) is 0. The maximum Gasteiger partial charge on any atom is 0.172 e. The fourth-order valence-electron chi connectivity index (χ4n) is 1.12. The minimum atomic E-state index is 0.839. The van der Waals surface area contributed by atoms with Gasteiger partial charge in [-0.3, -0.25) is 0 Å². The highest BCUT2D eigenvalue weighted by molar-refractivity contribution is 7.80. The smallest absolute Gasteiger partial charge is 0.172 e. The molecule has 0 N–H and O–H groups in total. The second-order valence-electron chi connectivity index (χ2n) is 2.49. The quantitative estimate of drug-likeness (QED) is 0.542. The number of para-hydroxylation sites is 1. The normalized spacial score (nSPS) is 15.5. The van der Waals surface area contributed by atoms with Crippen LogP contribution in [-0.2, 0) is 6.42 Å². The summed E-state index contributed by atoms with van der Waals surface area (Å²) >= 11 is 5.00. The summed E-state index contributed by atoms with van der Waals surface area (Å²) in [5.74, 6) is 0.932. The number of fused-ring (bicyclic) bond motifs is 1. The van der Waals surface area contributed by atoms with Gasteiger partial charge in [-0.25, -0.2) is 0 Å². The Balaban J connectivity index is 2.41. The van der Waals surface area contributed by atoms with Crippen molar-refractivity contribution < 1.29 is 4.74 Å². The van der Waals surface area contributed by atoms with E-state index in [4.69, 9.17) is 17.0 Å². The number of thiocarbonyl (C=S) groups is 1. The highest BCUT2D eigenvalue weighted by atomic mass is 32.1. The van der Waals surface area contributed by atoms with Crippen LogP contribution in [0.1, 0.15) is 5.56 Å². The molecule has 2 rings (SSSR count). The second kappa shape index (κ2) is 2.62. The monoisotopic (exact) mass is 163 g/mol. The summed E-state index contributed by atoms with van der Waals surface area (Å²) < 4.78 is 5.27. The van der Waals surface area contributed by atoms with E-state index in [1.807, 2.05) is 24.3 Å². The van der Waals surface area contributed by atoms with E-state index in [1.165, 1.54) is 5.56 Å². The van der Waals surface area contributed by atoms with Crippen molar-refractivity contribution in [3.05, 3.63) is 36.4 Å². The Bertz CT molecular complexity index is 293. The molecule has 0 spiro atoms. The van der Waals surface area contributed by atoms with E-state index in [0.717, 1.165) is 17.0 Å². The molecule has 0 amide bonds. The van der Waals surface area contributed by atoms with Crippen molar-refractivity contribution >= 4 is 17.1 Å². The lowest BCUT2D eigenvalue weighted by atomic mass is 10.1. The SMILES string of the molecule is S=C1[CH]Oc2ccccc2C1. The summed E-state index contributed by atoms with van der Waals surface area (Å²) in [5.41, 5.74) is 1.18. The molecule has 1 aromatic carbocycles. The molecule has 1 aliphatic rings. The first kappa shape index (κ1) is 6.80. The molecular formula is C9H7OS. The maximum absolute atomic E-state index is 5.27. The lowest BCUT2D eigenvalue weighted by Crippen LogP contribution is -2.12. The van der Waals surface area contributed by atoms with Crippen LogP contribution in [0.2, 0.25) is 0 Å². The number of hydrogen-bond acceptors (Lipinski definition) is 2. The Morgan fingerprint density at radius 2 is 2.09 bits per heavy atom. The van der Waals surface area contributed by atoms with Crippen LogP contribution < -0.4 is 4.74 Å². The van der Waals surface area contributed by atoms with Crippen LogP contribution in [0.4, 0.5) is 0 Å². The van der Waals surface area contributed by atoms with Crippen molar-refractivity contribution in [2.75, 3.05) is 0 Å². The molecule has 0 aromatic heterocycles. The molecule has 1 nitrogen and oxygen atoms in total. The third-order valence-corrected chi connectivity index (χ3v) is 1.90. The summed E-state index contributed by atoms with van der Waals surface area (Å²) in [6.07, 6.45) is 0.839. The van der Waals surface area contributed by atoms with E-state index < -0.39 is 0 Å². The van der Waals surface area contributed by atoms with Crippen LogP contribution in [0.25, 0.3) is 0 Å². The van der Waals surface area contributed by atoms with Crippen LogP contribution in [-0.4, -0.2) is 4.86 Å². The predicted octanol–water partition coefficient (Wildman–Crippen LogP) is 2.15. The van der Waals surface area contributed by atoms with E-state index in [1.54, 1.807) is 6.61 Å². The minimum absolute atomic E-state index is 0.839. The Morgan fingerprint density at radius 3 is 3.00 bits per heavy atom. The molecule has 0 aliphatic carbocycles. The number of ether oxygens (including phenoxy) is 1. The Labute approximate surface area is 71.0 Å². The number of hydrogen-bond donors (Lipinski definition) is 0. The van der Waals surface area contributed by atoms with Crippen molar-refractivity contribution in [2.45, 2.75) is 6.42 Å². The van der Waals surface area contributed by atoms with Crippen LogP contribution in [0.15, 0.2) is 24.3 Å². The Morgan fingerprint density at radius 1 is 1.27 bits per heavy atom. The topological polar surface area (TPSA) is 9.23 Å². The molecule has 11 heavy (non-hydrogen) atoms. The van der Waals surface area contributed by atoms with Gasteiger partial charge in [-0.1, -0.05) is 30.4 Å². The molecule has 1 radical (unpaired) electrons. The molecular weight excluding hydrogens is 156 g/mol. The summed E-state index contributed by atoms with van der Waals surface area (Å²) in [6.45, 7) is 1.64. The molecule has 0 bridgehead atoms. The fraction of sp³-hybridized carbons (Fsp3) is 0.111. The summed E-state index contributed by atoms with van der Waals surface area (Å²) in [7, 11) is 0. The summed E-state index contributed by atoms with van der Waals surface area (Å²) in [6, 6.07) is 7.94. The van der Waals surface area contributed by atoms with Crippen molar-refractivity contribution in [3.8, 4) is 5.75 Å². The molecule has 0 unspecified atom stereocenters. The van der Waals surface area contributed by atoms with E-state index in [-0.39, 0.29) is 0 Å². The molecule has 0 fully saturated rings. The molecule has 55 valence electrons.